The van der Waals surface area contributed by atoms with Gasteiger partial charge in [-0.2, -0.15) is 0 Å². The van der Waals surface area contributed by atoms with E-state index in [1.54, 1.807) is 13.2 Å². The number of benzene rings is 2. The van der Waals surface area contributed by atoms with Gasteiger partial charge in [-0.3, -0.25) is 9.89 Å². The van der Waals surface area contributed by atoms with Gasteiger partial charge < -0.3 is 10.1 Å². The number of hydrogen-bond donors (Lipinski definition) is 2. The number of anilines is 1. The Balaban J connectivity index is 1.52. The molecule has 0 bridgehead atoms. The summed E-state index contributed by atoms with van der Waals surface area (Å²) < 4.78 is 19.5. The van der Waals surface area contributed by atoms with Gasteiger partial charge in [0, 0.05) is 10.9 Å². The first-order chi connectivity index (χ1) is 13.0. The molecule has 0 unspecified atom stereocenters. The summed E-state index contributed by atoms with van der Waals surface area (Å²) in [5.41, 5.74) is 1.20. The van der Waals surface area contributed by atoms with Gasteiger partial charge in [0.2, 0.25) is 11.1 Å². The summed E-state index contributed by atoms with van der Waals surface area (Å²) in [5, 5.41) is 9.95. The highest BCUT2D eigenvalue weighted by atomic mass is 79.9. The second-order valence-electron chi connectivity index (χ2n) is 5.55. The van der Waals surface area contributed by atoms with E-state index >= 15 is 0 Å². The number of nitrogens with one attached hydrogen (secondary N) is 2. The van der Waals surface area contributed by atoms with Crippen molar-refractivity contribution in [2.75, 3.05) is 18.2 Å². The second-order valence-corrected chi connectivity index (χ2v) is 7.41. The fraction of sp³-hybridized carbons (Fsp3) is 0.167. The third-order valence-corrected chi connectivity index (χ3v) is 4.92. The fourth-order valence-corrected chi connectivity index (χ4v) is 3.22. The number of halogens is 2. The van der Waals surface area contributed by atoms with E-state index < -0.39 is 5.82 Å². The van der Waals surface area contributed by atoms with Crippen LogP contribution >= 0.6 is 27.7 Å². The smallest absolute Gasteiger partial charge is 0.234 e. The van der Waals surface area contributed by atoms with Crippen LogP contribution in [-0.4, -0.2) is 34.0 Å². The van der Waals surface area contributed by atoms with Gasteiger partial charge in [-0.15, -0.1) is 5.10 Å². The molecular formula is C18H16BrFN4O2S. The lowest BCUT2D eigenvalue weighted by Gasteiger charge is -2.05. The van der Waals surface area contributed by atoms with Gasteiger partial charge in [0.15, 0.2) is 0 Å². The number of hydrogen-bond acceptors (Lipinski definition) is 5. The first kappa shape index (κ1) is 19.4. The Bertz CT molecular complexity index is 933. The molecule has 1 heterocycles. The Morgan fingerprint density at radius 3 is 2.78 bits per heavy atom. The zero-order valence-electron chi connectivity index (χ0n) is 14.3. The third-order valence-electron chi connectivity index (χ3n) is 3.58. The lowest BCUT2D eigenvalue weighted by molar-refractivity contribution is -0.113. The molecule has 0 fully saturated rings. The molecule has 0 radical (unpaired) electrons. The van der Waals surface area contributed by atoms with Crippen molar-refractivity contribution < 1.29 is 13.9 Å². The van der Waals surface area contributed by atoms with Crippen LogP contribution in [0, 0.1) is 5.82 Å². The number of thioether (sulfide) groups is 1. The minimum Gasteiger partial charge on any atom is -0.497 e. The summed E-state index contributed by atoms with van der Waals surface area (Å²) in [6.07, 6.45) is 0.591. The summed E-state index contributed by atoms with van der Waals surface area (Å²) in [4.78, 5) is 16.4. The number of aromatic nitrogens is 3. The quantitative estimate of drug-likeness (QED) is 0.531. The fourth-order valence-electron chi connectivity index (χ4n) is 2.27. The second kappa shape index (κ2) is 9.01. The van der Waals surface area contributed by atoms with Crippen molar-refractivity contribution >= 4 is 39.3 Å². The number of H-pyrrole nitrogens is 1. The minimum atomic E-state index is -0.498. The van der Waals surface area contributed by atoms with Gasteiger partial charge in [0.05, 0.1) is 18.6 Å². The largest absolute Gasteiger partial charge is 0.497 e. The van der Waals surface area contributed by atoms with Crippen molar-refractivity contribution in [2.45, 2.75) is 11.6 Å². The van der Waals surface area contributed by atoms with E-state index in [1.807, 2.05) is 24.3 Å². The highest BCUT2D eigenvalue weighted by molar-refractivity contribution is 9.10. The number of carbonyl (C=O) groups excluding carboxylic acids is 1. The molecule has 1 aromatic heterocycles. The minimum absolute atomic E-state index is 0.0787. The van der Waals surface area contributed by atoms with Crippen molar-refractivity contribution in [2.24, 2.45) is 0 Å². The molecule has 0 aliphatic rings. The summed E-state index contributed by atoms with van der Waals surface area (Å²) in [6.45, 7) is 0. The molecule has 3 rings (SSSR count). The van der Waals surface area contributed by atoms with E-state index in [1.165, 1.54) is 23.9 Å². The van der Waals surface area contributed by atoms with Crippen LogP contribution in [0.15, 0.2) is 52.1 Å². The van der Waals surface area contributed by atoms with Gasteiger partial charge in [-0.25, -0.2) is 9.37 Å². The van der Waals surface area contributed by atoms with E-state index in [9.17, 15) is 9.18 Å². The van der Waals surface area contributed by atoms with E-state index in [2.05, 4.69) is 36.4 Å². The molecule has 6 nitrogen and oxygen atoms in total. The first-order valence-corrected chi connectivity index (χ1v) is 9.73. The Kier molecular flexibility index (Phi) is 6.46. The van der Waals surface area contributed by atoms with Crippen molar-refractivity contribution in [3.63, 3.8) is 0 Å². The average Bonchev–Trinajstić information content (AvgIpc) is 3.10. The Labute approximate surface area is 168 Å². The zero-order chi connectivity index (χ0) is 19.2. The van der Waals surface area contributed by atoms with Gasteiger partial charge >= 0.3 is 0 Å². The van der Waals surface area contributed by atoms with Crippen LogP contribution in [-0.2, 0) is 11.2 Å². The first-order valence-electron chi connectivity index (χ1n) is 7.95. The maximum atomic E-state index is 13.7. The predicted octanol–water partition coefficient (Wildman–Crippen LogP) is 4.04. The normalized spacial score (nSPS) is 10.6. The number of ether oxygens (including phenoxy) is 1. The SMILES string of the molecule is COc1ccc(Cc2nc(SCC(=O)Nc3ccc(Br)cc3F)n[nH]2)cc1. The highest BCUT2D eigenvalue weighted by Gasteiger charge is 2.11. The van der Waals surface area contributed by atoms with Gasteiger partial charge in [-0.1, -0.05) is 39.8 Å². The number of nitrogens with zero attached hydrogens (tertiary/aromatic N) is 2. The monoisotopic (exact) mass is 450 g/mol. The number of aromatic amines is 1. The molecule has 2 N–H and O–H groups in total. The number of amides is 1. The molecule has 0 aliphatic carbocycles. The molecule has 1 amide bonds. The number of rotatable bonds is 7. The van der Waals surface area contributed by atoms with Crippen LogP contribution in [0.3, 0.4) is 0 Å². The van der Waals surface area contributed by atoms with Crippen LogP contribution in [0.2, 0.25) is 0 Å². The van der Waals surface area contributed by atoms with E-state index in [-0.39, 0.29) is 17.3 Å². The lowest BCUT2D eigenvalue weighted by Crippen LogP contribution is -2.15. The molecule has 0 saturated heterocycles. The maximum Gasteiger partial charge on any atom is 0.234 e. The topological polar surface area (TPSA) is 79.9 Å². The maximum absolute atomic E-state index is 13.7. The molecular weight excluding hydrogens is 435 g/mol. The predicted molar refractivity (Wildman–Crippen MR) is 106 cm³/mol. The van der Waals surface area contributed by atoms with Crippen molar-refractivity contribution in [1.29, 1.82) is 0 Å². The molecule has 0 spiro atoms. The lowest BCUT2D eigenvalue weighted by atomic mass is 10.1. The third kappa shape index (κ3) is 5.54. The van der Waals surface area contributed by atoms with Gasteiger partial charge in [0.25, 0.3) is 0 Å². The molecule has 3 aromatic rings. The average molecular weight is 451 g/mol. The Morgan fingerprint density at radius 1 is 1.30 bits per heavy atom. The van der Waals surface area contributed by atoms with Crippen molar-refractivity contribution in [1.82, 2.24) is 15.2 Å². The Morgan fingerprint density at radius 2 is 2.07 bits per heavy atom. The van der Waals surface area contributed by atoms with Crippen LogP contribution in [0.1, 0.15) is 11.4 Å². The van der Waals surface area contributed by atoms with Crippen molar-refractivity contribution in [3.8, 4) is 5.75 Å². The summed E-state index contributed by atoms with van der Waals surface area (Å²) in [6, 6.07) is 12.1. The van der Waals surface area contributed by atoms with Crippen LogP contribution in [0.4, 0.5) is 10.1 Å². The Hall–Kier alpha value is -2.39. The molecule has 0 saturated carbocycles. The van der Waals surface area contributed by atoms with E-state index in [0.717, 1.165) is 11.3 Å². The van der Waals surface area contributed by atoms with Crippen molar-refractivity contribution in [3.05, 3.63) is 64.1 Å². The molecule has 0 atom stereocenters. The van der Waals surface area contributed by atoms with Crippen LogP contribution < -0.4 is 10.1 Å². The molecule has 27 heavy (non-hydrogen) atoms. The summed E-state index contributed by atoms with van der Waals surface area (Å²) in [5.74, 6) is 0.739. The zero-order valence-corrected chi connectivity index (χ0v) is 16.7. The van der Waals surface area contributed by atoms with Crippen LogP contribution in [0.5, 0.6) is 5.75 Å². The van der Waals surface area contributed by atoms with E-state index in [0.29, 0.717) is 21.9 Å². The van der Waals surface area contributed by atoms with Gasteiger partial charge in [-0.05, 0) is 35.9 Å². The molecule has 2 aromatic carbocycles. The molecule has 0 aliphatic heterocycles. The molecule has 9 heteroatoms. The summed E-state index contributed by atoms with van der Waals surface area (Å²) in [7, 11) is 1.62. The highest BCUT2D eigenvalue weighted by Crippen LogP contribution is 2.20. The van der Waals surface area contributed by atoms with E-state index in [4.69, 9.17) is 4.74 Å². The van der Waals surface area contributed by atoms with Crippen LogP contribution in [0.25, 0.3) is 0 Å². The number of methoxy groups -OCH3 is 1. The number of carbonyl (C=O) groups is 1. The molecule has 140 valence electrons. The summed E-state index contributed by atoms with van der Waals surface area (Å²) >= 11 is 4.35. The standard InChI is InChI=1S/C18H16BrFN4O2S/c1-26-13-5-2-11(3-6-13)8-16-22-18(24-23-16)27-10-17(25)21-15-7-4-12(19)9-14(15)20/h2-7,9H,8,10H2,1H3,(H,21,25)(H,22,23,24). The van der Waals surface area contributed by atoms with Gasteiger partial charge in [0.1, 0.15) is 17.4 Å².